The molecule has 0 aliphatic heterocycles. The third-order valence-corrected chi connectivity index (χ3v) is 2.82. The number of nitrogens with two attached hydrogens (primary N) is 1. The number of carboxylic acids is 1. The zero-order valence-electron chi connectivity index (χ0n) is 12.3. The Morgan fingerprint density at radius 2 is 1.80 bits per heavy atom. The molecule has 0 fully saturated rings. The Morgan fingerprint density at radius 3 is 2.25 bits per heavy atom. The highest BCUT2D eigenvalue weighted by Crippen LogP contribution is 2.28. The largest absolute Gasteiger partial charge is 0.481 e. The van der Waals surface area contributed by atoms with Crippen molar-refractivity contribution in [2.75, 3.05) is 0 Å². The Bertz CT molecular complexity index is 519. The summed E-state index contributed by atoms with van der Waals surface area (Å²) in [6.45, 7) is 6.92. The third kappa shape index (κ3) is 3.81. The van der Waals surface area contributed by atoms with E-state index in [4.69, 9.17) is 15.6 Å². The van der Waals surface area contributed by atoms with E-state index in [1.54, 1.807) is 52.0 Å². The van der Waals surface area contributed by atoms with Gasteiger partial charge in [-0.2, -0.15) is 0 Å². The Hall–Kier alpha value is -1.88. The second-order valence-electron chi connectivity index (χ2n) is 5.86. The van der Waals surface area contributed by atoms with E-state index in [1.165, 1.54) is 0 Å². The molecule has 0 aliphatic rings. The van der Waals surface area contributed by atoms with Crippen LogP contribution in [0.15, 0.2) is 24.3 Å². The van der Waals surface area contributed by atoms with Gasteiger partial charge >= 0.3 is 11.9 Å². The summed E-state index contributed by atoms with van der Waals surface area (Å²) < 4.78 is 5.29. The SMILES string of the molecule is Cc1ccccc1[C@](N)(CC(=O)O)C(=O)OC(C)(C)C. The molecule has 3 N–H and O–H groups in total. The second kappa shape index (κ2) is 5.63. The number of benzene rings is 1. The maximum atomic E-state index is 12.4. The minimum Gasteiger partial charge on any atom is -0.481 e. The van der Waals surface area contributed by atoms with Crippen molar-refractivity contribution < 1.29 is 19.4 Å². The average molecular weight is 279 g/mol. The third-order valence-electron chi connectivity index (χ3n) is 2.82. The lowest BCUT2D eigenvalue weighted by Gasteiger charge is -2.31. The summed E-state index contributed by atoms with van der Waals surface area (Å²) in [6.07, 6.45) is -0.521. The molecule has 0 saturated carbocycles. The predicted molar refractivity (Wildman–Crippen MR) is 75.1 cm³/mol. The summed E-state index contributed by atoms with van der Waals surface area (Å²) >= 11 is 0. The van der Waals surface area contributed by atoms with Gasteiger partial charge in [0.25, 0.3) is 0 Å². The van der Waals surface area contributed by atoms with Crippen LogP contribution in [-0.2, 0) is 19.9 Å². The molecule has 1 aromatic rings. The fraction of sp³-hybridized carbons (Fsp3) is 0.467. The van der Waals surface area contributed by atoms with Gasteiger partial charge in [0, 0.05) is 0 Å². The van der Waals surface area contributed by atoms with Crippen molar-refractivity contribution in [3.8, 4) is 0 Å². The van der Waals surface area contributed by atoms with Crippen LogP contribution < -0.4 is 5.73 Å². The molecule has 0 amide bonds. The van der Waals surface area contributed by atoms with E-state index >= 15 is 0 Å². The molecule has 0 aliphatic carbocycles. The van der Waals surface area contributed by atoms with Crippen molar-refractivity contribution >= 4 is 11.9 Å². The summed E-state index contributed by atoms with van der Waals surface area (Å²) in [5, 5.41) is 9.06. The standard InChI is InChI=1S/C15H21NO4/c1-10-7-5-6-8-11(10)15(16,9-12(17)18)13(19)20-14(2,3)4/h5-8H,9,16H2,1-4H3,(H,17,18)/t15-/m1/s1. The van der Waals surface area contributed by atoms with Crippen LogP contribution in [0.2, 0.25) is 0 Å². The van der Waals surface area contributed by atoms with Gasteiger partial charge in [0.1, 0.15) is 5.60 Å². The van der Waals surface area contributed by atoms with Gasteiger partial charge in [-0.25, -0.2) is 4.79 Å². The molecular weight excluding hydrogens is 258 g/mol. The monoisotopic (exact) mass is 279 g/mol. The summed E-state index contributed by atoms with van der Waals surface area (Å²) in [5.74, 6) is -1.89. The van der Waals surface area contributed by atoms with E-state index in [0.29, 0.717) is 5.56 Å². The lowest BCUT2D eigenvalue weighted by atomic mass is 9.84. The molecule has 0 radical (unpaired) electrons. The van der Waals surface area contributed by atoms with Crippen LogP contribution in [0.4, 0.5) is 0 Å². The van der Waals surface area contributed by atoms with Gasteiger partial charge < -0.3 is 15.6 Å². The maximum Gasteiger partial charge on any atom is 0.331 e. The number of carbonyl (C=O) groups excluding carboxylic acids is 1. The first kappa shape index (κ1) is 16.2. The Morgan fingerprint density at radius 1 is 1.25 bits per heavy atom. The van der Waals surface area contributed by atoms with Crippen LogP contribution in [0.5, 0.6) is 0 Å². The predicted octanol–water partition coefficient (Wildman–Crippen LogP) is 1.97. The molecule has 0 bridgehead atoms. The van der Waals surface area contributed by atoms with E-state index < -0.39 is 29.5 Å². The first-order valence-corrected chi connectivity index (χ1v) is 6.36. The van der Waals surface area contributed by atoms with E-state index in [9.17, 15) is 9.59 Å². The Kier molecular flexibility index (Phi) is 4.55. The van der Waals surface area contributed by atoms with Gasteiger partial charge in [0.05, 0.1) is 6.42 Å². The van der Waals surface area contributed by atoms with Crippen molar-refractivity contribution in [2.24, 2.45) is 5.73 Å². The first-order chi connectivity index (χ1) is 9.06. The fourth-order valence-electron chi connectivity index (χ4n) is 1.96. The zero-order chi connectivity index (χ0) is 15.6. The molecule has 110 valence electrons. The molecule has 1 rings (SSSR count). The number of hydrogen-bond acceptors (Lipinski definition) is 4. The van der Waals surface area contributed by atoms with Gasteiger partial charge in [-0.15, -0.1) is 0 Å². The molecule has 0 spiro atoms. The number of ether oxygens (including phenoxy) is 1. The minimum atomic E-state index is -1.69. The van der Waals surface area contributed by atoms with Gasteiger partial charge in [0.2, 0.25) is 0 Å². The molecule has 1 atom stereocenters. The van der Waals surface area contributed by atoms with Crippen LogP contribution in [0.1, 0.15) is 38.3 Å². The molecule has 5 nitrogen and oxygen atoms in total. The van der Waals surface area contributed by atoms with E-state index in [-0.39, 0.29) is 0 Å². The van der Waals surface area contributed by atoms with Crippen molar-refractivity contribution in [1.82, 2.24) is 0 Å². The number of hydrogen-bond donors (Lipinski definition) is 2. The topological polar surface area (TPSA) is 89.6 Å². The minimum absolute atomic E-state index is 0.469. The summed E-state index contributed by atoms with van der Waals surface area (Å²) in [5.41, 5.74) is 4.91. The number of carboxylic acid groups (broad SMARTS) is 1. The molecular formula is C15H21NO4. The second-order valence-corrected chi connectivity index (χ2v) is 5.86. The molecule has 0 saturated heterocycles. The molecule has 1 aromatic carbocycles. The van der Waals surface area contributed by atoms with Crippen LogP contribution in [0.25, 0.3) is 0 Å². The van der Waals surface area contributed by atoms with Crippen molar-refractivity contribution in [3.05, 3.63) is 35.4 Å². The van der Waals surface area contributed by atoms with Gasteiger partial charge in [-0.05, 0) is 38.8 Å². The van der Waals surface area contributed by atoms with Gasteiger partial charge in [-0.3, -0.25) is 4.79 Å². The van der Waals surface area contributed by atoms with Crippen molar-refractivity contribution in [1.29, 1.82) is 0 Å². The first-order valence-electron chi connectivity index (χ1n) is 6.36. The lowest BCUT2D eigenvalue weighted by molar-refractivity contribution is -0.165. The highest BCUT2D eigenvalue weighted by atomic mass is 16.6. The number of rotatable bonds is 4. The number of carbonyl (C=O) groups is 2. The number of esters is 1. The van der Waals surface area contributed by atoms with Gasteiger partial charge in [0.15, 0.2) is 5.54 Å². The summed E-state index contributed by atoms with van der Waals surface area (Å²) in [6, 6.07) is 6.95. The number of aryl methyl sites for hydroxylation is 1. The maximum absolute atomic E-state index is 12.4. The highest BCUT2D eigenvalue weighted by Gasteiger charge is 2.42. The Balaban J connectivity index is 3.26. The van der Waals surface area contributed by atoms with Crippen LogP contribution in [0, 0.1) is 6.92 Å². The normalized spacial score (nSPS) is 14.4. The van der Waals surface area contributed by atoms with Crippen molar-refractivity contribution in [3.63, 3.8) is 0 Å². The van der Waals surface area contributed by atoms with Gasteiger partial charge in [-0.1, -0.05) is 24.3 Å². The molecule has 5 heteroatoms. The van der Waals surface area contributed by atoms with E-state index in [2.05, 4.69) is 0 Å². The van der Waals surface area contributed by atoms with Crippen LogP contribution in [-0.4, -0.2) is 22.6 Å². The van der Waals surface area contributed by atoms with Crippen LogP contribution in [0.3, 0.4) is 0 Å². The fourth-order valence-corrected chi connectivity index (χ4v) is 1.96. The lowest BCUT2D eigenvalue weighted by Crippen LogP contribution is -2.50. The van der Waals surface area contributed by atoms with E-state index in [1.807, 2.05) is 0 Å². The smallest absolute Gasteiger partial charge is 0.331 e. The van der Waals surface area contributed by atoms with E-state index in [0.717, 1.165) is 5.56 Å². The number of aliphatic carboxylic acids is 1. The zero-order valence-corrected chi connectivity index (χ0v) is 12.3. The summed E-state index contributed by atoms with van der Waals surface area (Å²) in [4.78, 5) is 23.4. The quantitative estimate of drug-likeness (QED) is 0.822. The average Bonchev–Trinajstić information content (AvgIpc) is 2.25. The highest BCUT2D eigenvalue weighted by molar-refractivity contribution is 5.88. The Labute approximate surface area is 118 Å². The summed E-state index contributed by atoms with van der Waals surface area (Å²) in [7, 11) is 0. The molecule has 20 heavy (non-hydrogen) atoms. The van der Waals surface area contributed by atoms with Crippen molar-refractivity contribution in [2.45, 2.75) is 45.3 Å². The molecule has 0 unspecified atom stereocenters. The molecule has 0 aromatic heterocycles. The van der Waals surface area contributed by atoms with Crippen LogP contribution >= 0.6 is 0 Å². The molecule has 0 heterocycles.